The number of esters is 1. The van der Waals surface area contributed by atoms with Crippen molar-refractivity contribution >= 4 is 33.8 Å². The van der Waals surface area contributed by atoms with Crippen molar-refractivity contribution in [2.45, 2.75) is 6.04 Å². The fraction of sp³-hybridized carbons (Fsp3) is 0.267. The van der Waals surface area contributed by atoms with Crippen molar-refractivity contribution < 1.29 is 19.1 Å². The Morgan fingerprint density at radius 3 is 2.87 bits per heavy atom. The number of halogens is 1. The zero-order valence-corrected chi connectivity index (χ0v) is 13.8. The number of benzene rings is 1. The summed E-state index contributed by atoms with van der Waals surface area (Å²) in [5, 5.41) is 5.43. The van der Waals surface area contributed by atoms with Gasteiger partial charge in [-0.25, -0.2) is 9.59 Å². The number of methoxy groups -OCH3 is 1. The third-order valence-corrected chi connectivity index (χ3v) is 4.24. The van der Waals surface area contributed by atoms with E-state index in [0.29, 0.717) is 18.7 Å². The Morgan fingerprint density at radius 1 is 1.39 bits per heavy atom. The van der Waals surface area contributed by atoms with Crippen LogP contribution in [-0.2, 0) is 14.3 Å². The van der Waals surface area contributed by atoms with Gasteiger partial charge >= 0.3 is 12.0 Å². The molecule has 2 N–H and O–H groups in total. The quantitative estimate of drug-likeness (QED) is 0.752. The Labute approximate surface area is 140 Å². The Morgan fingerprint density at radius 2 is 2.17 bits per heavy atom. The van der Waals surface area contributed by atoms with Gasteiger partial charge in [0, 0.05) is 17.6 Å². The molecule has 120 valence electrons. The van der Waals surface area contributed by atoms with Gasteiger partial charge in [-0.05, 0) is 17.7 Å². The summed E-state index contributed by atoms with van der Waals surface area (Å²) in [6, 6.07) is 6.02. The number of nitrogens with zero attached hydrogens (tertiary/aromatic N) is 1. The highest BCUT2D eigenvalue weighted by molar-refractivity contribution is 9.10. The van der Waals surface area contributed by atoms with Crippen molar-refractivity contribution in [3.05, 3.63) is 45.6 Å². The van der Waals surface area contributed by atoms with Crippen molar-refractivity contribution in [2.75, 3.05) is 20.2 Å². The molecule has 1 aromatic rings. The first-order valence-electron chi connectivity index (χ1n) is 6.97. The van der Waals surface area contributed by atoms with Crippen LogP contribution in [0.1, 0.15) is 11.6 Å². The molecule has 0 radical (unpaired) electrons. The zero-order chi connectivity index (χ0) is 16.6. The molecule has 23 heavy (non-hydrogen) atoms. The minimum atomic E-state index is -0.748. The van der Waals surface area contributed by atoms with E-state index < -0.39 is 23.9 Å². The second-order valence-electron chi connectivity index (χ2n) is 5.10. The van der Waals surface area contributed by atoms with Gasteiger partial charge in [0.05, 0.1) is 18.7 Å². The van der Waals surface area contributed by atoms with E-state index in [1.54, 1.807) is 18.2 Å². The molecule has 1 aromatic carbocycles. The predicted octanol–water partition coefficient (Wildman–Crippen LogP) is 1.07. The number of carbonyl (C=O) groups is 3. The second kappa shape index (κ2) is 6.04. The number of piperazine rings is 1. The maximum atomic E-state index is 12.3. The topological polar surface area (TPSA) is 87.7 Å². The molecule has 1 saturated heterocycles. The van der Waals surface area contributed by atoms with E-state index in [1.807, 2.05) is 6.07 Å². The summed E-state index contributed by atoms with van der Waals surface area (Å²) in [5.41, 5.74) is 0.859. The molecule has 0 aliphatic carbocycles. The average Bonchev–Trinajstić information content (AvgIpc) is 2.54. The minimum absolute atomic E-state index is 0.0526. The largest absolute Gasteiger partial charge is 0.466 e. The van der Waals surface area contributed by atoms with E-state index in [4.69, 9.17) is 4.74 Å². The summed E-state index contributed by atoms with van der Waals surface area (Å²) < 4.78 is 5.64. The van der Waals surface area contributed by atoms with Gasteiger partial charge in [0.25, 0.3) is 5.91 Å². The number of rotatable bonds is 2. The van der Waals surface area contributed by atoms with Crippen molar-refractivity contribution in [3.63, 3.8) is 0 Å². The van der Waals surface area contributed by atoms with E-state index in [-0.39, 0.29) is 11.3 Å². The van der Waals surface area contributed by atoms with Gasteiger partial charge in [-0.15, -0.1) is 0 Å². The summed E-state index contributed by atoms with van der Waals surface area (Å²) in [6.07, 6.45) is 0. The fourth-order valence-electron chi connectivity index (χ4n) is 2.74. The van der Waals surface area contributed by atoms with Gasteiger partial charge < -0.3 is 15.4 Å². The van der Waals surface area contributed by atoms with Crippen molar-refractivity contribution in [2.24, 2.45) is 0 Å². The molecule has 7 nitrogen and oxygen atoms in total. The molecule has 2 aliphatic heterocycles. The molecule has 8 heteroatoms. The predicted molar refractivity (Wildman–Crippen MR) is 84.2 cm³/mol. The van der Waals surface area contributed by atoms with Crippen molar-refractivity contribution in [1.29, 1.82) is 0 Å². The van der Waals surface area contributed by atoms with E-state index in [9.17, 15) is 14.4 Å². The van der Waals surface area contributed by atoms with Gasteiger partial charge in [0.1, 0.15) is 5.70 Å². The van der Waals surface area contributed by atoms with E-state index in [1.165, 1.54) is 12.0 Å². The van der Waals surface area contributed by atoms with Crippen molar-refractivity contribution in [3.8, 4) is 0 Å². The molecule has 2 heterocycles. The summed E-state index contributed by atoms with van der Waals surface area (Å²) in [4.78, 5) is 38.1. The summed E-state index contributed by atoms with van der Waals surface area (Å²) in [5.74, 6) is -1.10. The van der Waals surface area contributed by atoms with Crippen LogP contribution in [0, 0.1) is 0 Å². The summed E-state index contributed by atoms with van der Waals surface area (Å²) in [7, 11) is 1.25. The van der Waals surface area contributed by atoms with Gasteiger partial charge in [-0.1, -0.05) is 28.1 Å². The number of nitrogens with one attached hydrogen (secondary N) is 2. The third kappa shape index (κ3) is 2.70. The SMILES string of the molecule is COC(=O)C1=C2C(=O)NCCN2C(=O)N[C@H]1c1cccc(Br)c1. The Kier molecular flexibility index (Phi) is 4.08. The van der Waals surface area contributed by atoms with Crippen LogP contribution >= 0.6 is 15.9 Å². The first-order valence-corrected chi connectivity index (χ1v) is 7.76. The maximum absolute atomic E-state index is 12.3. The number of amides is 3. The van der Waals surface area contributed by atoms with Gasteiger partial charge in [0.15, 0.2) is 0 Å². The normalized spacial score (nSPS) is 20.6. The smallest absolute Gasteiger partial charge is 0.338 e. The van der Waals surface area contributed by atoms with Crippen LogP contribution in [0.15, 0.2) is 40.0 Å². The zero-order valence-electron chi connectivity index (χ0n) is 12.3. The molecule has 0 bridgehead atoms. The lowest BCUT2D eigenvalue weighted by Gasteiger charge is -2.38. The molecule has 3 rings (SSSR count). The molecule has 0 saturated carbocycles. The minimum Gasteiger partial charge on any atom is -0.466 e. The van der Waals surface area contributed by atoms with Crippen LogP contribution in [0.25, 0.3) is 0 Å². The van der Waals surface area contributed by atoms with Crippen LogP contribution in [0.3, 0.4) is 0 Å². The highest BCUT2D eigenvalue weighted by Gasteiger charge is 2.42. The van der Waals surface area contributed by atoms with Gasteiger partial charge in [0.2, 0.25) is 0 Å². The Bertz CT molecular complexity index is 731. The van der Waals surface area contributed by atoms with Crippen LogP contribution in [0.2, 0.25) is 0 Å². The molecule has 1 atom stereocenters. The first kappa shape index (κ1) is 15.5. The Hall–Kier alpha value is -2.35. The van der Waals surface area contributed by atoms with Gasteiger partial charge in [-0.2, -0.15) is 0 Å². The monoisotopic (exact) mass is 379 g/mol. The molecule has 0 spiro atoms. The molecule has 1 fully saturated rings. The number of fused-ring (bicyclic) bond motifs is 1. The number of hydrogen-bond acceptors (Lipinski definition) is 4. The van der Waals surface area contributed by atoms with E-state index in [2.05, 4.69) is 26.6 Å². The molecule has 0 aromatic heterocycles. The molecule has 2 aliphatic rings. The third-order valence-electron chi connectivity index (χ3n) is 3.75. The lowest BCUT2D eigenvalue weighted by Crippen LogP contribution is -2.57. The molecule has 3 amide bonds. The van der Waals surface area contributed by atoms with Crippen LogP contribution in [-0.4, -0.2) is 43.0 Å². The maximum Gasteiger partial charge on any atom is 0.338 e. The van der Waals surface area contributed by atoms with Crippen LogP contribution in [0.4, 0.5) is 4.79 Å². The number of ether oxygens (including phenoxy) is 1. The Balaban J connectivity index is 2.18. The van der Waals surface area contributed by atoms with Crippen molar-refractivity contribution in [1.82, 2.24) is 15.5 Å². The lowest BCUT2D eigenvalue weighted by atomic mass is 9.93. The standard InChI is InChI=1S/C15H14BrN3O4/c1-23-14(21)10-11(8-3-2-4-9(16)7-8)18-15(22)19-6-5-17-13(20)12(10)19/h2-4,7,11H,5-6H2,1H3,(H,17,20)(H,18,22)/t11-/m0/s1. The lowest BCUT2D eigenvalue weighted by molar-refractivity contribution is -0.137. The van der Waals surface area contributed by atoms with Crippen LogP contribution in [0.5, 0.6) is 0 Å². The molecular weight excluding hydrogens is 366 g/mol. The molecular formula is C15H14BrN3O4. The summed E-state index contributed by atoms with van der Waals surface area (Å²) in [6.45, 7) is 0.643. The van der Waals surface area contributed by atoms with Gasteiger partial charge in [-0.3, -0.25) is 9.69 Å². The fourth-order valence-corrected chi connectivity index (χ4v) is 3.16. The highest BCUT2D eigenvalue weighted by Crippen LogP contribution is 2.33. The van der Waals surface area contributed by atoms with E-state index >= 15 is 0 Å². The van der Waals surface area contributed by atoms with Crippen LogP contribution < -0.4 is 10.6 Å². The number of urea groups is 1. The highest BCUT2D eigenvalue weighted by atomic mass is 79.9. The number of hydrogen-bond donors (Lipinski definition) is 2. The number of carbonyl (C=O) groups excluding carboxylic acids is 3. The summed E-state index contributed by atoms with van der Waals surface area (Å²) >= 11 is 3.36. The second-order valence-corrected chi connectivity index (χ2v) is 6.01. The molecule has 0 unspecified atom stereocenters. The van der Waals surface area contributed by atoms with E-state index in [0.717, 1.165) is 4.47 Å². The first-order chi connectivity index (χ1) is 11.0. The average molecular weight is 380 g/mol.